The van der Waals surface area contributed by atoms with Gasteiger partial charge in [0.1, 0.15) is 6.07 Å². The molecule has 1 fully saturated rings. The Kier molecular flexibility index (Phi) is 3.26. The van der Waals surface area contributed by atoms with Gasteiger partial charge in [0.25, 0.3) is 0 Å². The summed E-state index contributed by atoms with van der Waals surface area (Å²) >= 11 is 2.01. The number of nitrogens with zero attached hydrogens (tertiary/aromatic N) is 3. The van der Waals surface area contributed by atoms with Crippen LogP contribution in [0.5, 0.6) is 0 Å². The average molecular weight is 257 g/mol. The van der Waals surface area contributed by atoms with Crippen molar-refractivity contribution in [3.8, 4) is 6.07 Å². The number of hydrogen-bond donors (Lipinski definition) is 0. The van der Waals surface area contributed by atoms with E-state index in [0.717, 1.165) is 36.3 Å². The predicted molar refractivity (Wildman–Crippen MR) is 74.7 cm³/mol. The van der Waals surface area contributed by atoms with Gasteiger partial charge in [-0.3, -0.25) is 4.90 Å². The van der Waals surface area contributed by atoms with Gasteiger partial charge in [-0.25, -0.2) is 0 Å². The van der Waals surface area contributed by atoms with E-state index in [1.54, 1.807) is 0 Å². The van der Waals surface area contributed by atoms with Crippen LogP contribution >= 0.6 is 11.8 Å². The van der Waals surface area contributed by atoms with Crippen LogP contribution in [-0.2, 0) is 6.54 Å². The molecule has 0 atom stereocenters. The van der Waals surface area contributed by atoms with E-state index < -0.39 is 0 Å². The van der Waals surface area contributed by atoms with Gasteiger partial charge in [-0.05, 0) is 12.1 Å². The van der Waals surface area contributed by atoms with Gasteiger partial charge < -0.3 is 4.40 Å². The molecule has 0 radical (unpaired) electrons. The third kappa shape index (κ3) is 2.12. The van der Waals surface area contributed by atoms with E-state index in [0.29, 0.717) is 0 Å². The second kappa shape index (κ2) is 5.05. The molecule has 2 aromatic rings. The third-order valence-electron chi connectivity index (χ3n) is 3.37. The van der Waals surface area contributed by atoms with Crippen LogP contribution in [0.1, 0.15) is 11.1 Å². The van der Waals surface area contributed by atoms with Crippen molar-refractivity contribution < 1.29 is 0 Å². The maximum Gasteiger partial charge on any atom is 0.102 e. The highest BCUT2D eigenvalue weighted by Gasteiger charge is 2.15. The van der Waals surface area contributed by atoms with E-state index >= 15 is 0 Å². The van der Waals surface area contributed by atoms with Crippen LogP contribution in [-0.4, -0.2) is 33.9 Å². The lowest BCUT2D eigenvalue weighted by Crippen LogP contribution is -2.32. The quantitative estimate of drug-likeness (QED) is 0.827. The Morgan fingerprint density at radius 3 is 2.89 bits per heavy atom. The first-order valence-electron chi connectivity index (χ1n) is 6.17. The fourth-order valence-electron chi connectivity index (χ4n) is 2.43. The third-order valence-corrected chi connectivity index (χ3v) is 4.31. The summed E-state index contributed by atoms with van der Waals surface area (Å²) in [6.45, 7) is 3.15. The zero-order valence-corrected chi connectivity index (χ0v) is 11.0. The molecular formula is C14H15N3S. The molecule has 3 rings (SSSR count). The highest BCUT2D eigenvalue weighted by Crippen LogP contribution is 2.20. The van der Waals surface area contributed by atoms with Gasteiger partial charge in [0.15, 0.2) is 0 Å². The molecule has 0 unspecified atom stereocenters. The van der Waals surface area contributed by atoms with Gasteiger partial charge in [0, 0.05) is 49.1 Å². The fourth-order valence-corrected chi connectivity index (χ4v) is 3.41. The summed E-state index contributed by atoms with van der Waals surface area (Å²) < 4.78 is 2.05. The summed E-state index contributed by atoms with van der Waals surface area (Å²) in [7, 11) is 0. The molecule has 1 aliphatic rings. The Morgan fingerprint density at radius 1 is 1.28 bits per heavy atom. The minimum atomic E-state index is 0.828. The fraction of sp³-hybridized carbons (Fsp3) is 0.357. The van der Waals surface area contributed by atoms with Crippen molar-refractivity contribution in [1.82, 2.24) is 9.30 Å². The molecule has 0 amide bonds. The molecule has 0 bridgehead atoms. The van der Waals surface area contributed by atoms with Gasteiger partial charge >= 0.3 is 0 Å². The highest BCUT2D eigenvalue weighted by molar-refractivity contribution is 7.99. The van der Waals surface area contributed by atoms with E-state index in [2.05, 4.69) is 17.2 Å². The highest BCUT2D eigenvalue weighted by atomic mass is 32.2. The minimum absolute atomic E-state index is 0.828. The molecule has 1 aliphatic heterocycles. The Bertz CT molecular complexity index is 591. The second-order valence-corrected chi connectivity index (χ2v) is 5.75. The SMILES string of the molecule is N#Cc1c(CN2CCSCC2)cn2ccccc12. The smallest absolute Gasteiger partial charge is 0.102 e. The standard InChI is InChI=1S/C14H15N3S/c15-9-13-12(10-16-5-7-18-8-6-16)11-17-4-2-1-3-14(13)17/h1-4,11H,5-8,10H2. The van der Waals surface area contributed by atoms with Crippen molar-refractivity contribution in [1.29, 1.82) is 5.26 Å². The van der Waals surface area contributed by atoms with Crippen LogP contribution in [0.2, 0.25) is 0 Å². The van der Waals surface area contributed by atoms with Gasteiger partial charge in [0.2, 0.25) is 0 Å². The molecule has 2 aromatic heterocycles. The average Bonchev–Trinajstić information content (AvgIpc) is 2.77. The number of fused-ring (bicyclic) bond motifs is 1. The zero-order chi connectivity index (χ0) is 12.4. The summed E-state index contributed by atoms with van der Waals surface area (Å²) in [5.41, 5.74) is 2.99. The first kappa shape index (κ1) is 11.6. The normalized spacial score (nSPS) is 16.8. The van der Waals surface area contributed by atoms with Gasteiger partial charge in [0.05, 0.1) is 11.1 Å². The van der Waals surface area contributed by atoms with E-state index in [9.17, 15) is 5.26 Å². The molecule has 0 spiro atoms. The Morgan fingerprint density at radius 2 is 2.11 bits per heavy atom. The Labute approximate surface area is 111 Å². The number of thioether (sulfide) groups is 1. The van der Waals surface area contributed by atoms with E-state index in [1.807, 2.05) is 40.6 Å². The Balaban J connectivity index is 1.93. The van der Waals surface area contributed by atoms with Crippen molar-refractivity contribution >= 4 is 17.3 Å². The summed E-state index contributed by atoms with van der Waals surface area (Å²) in [6.07, 6.45) is 4.10. The first-order chi connectivity index (χ1) is 8.88. The Hall–Kier alpha value is -1.44. The number of pyridine rings is 1. The second-order valence-electron chi connectivity index (χ2n) is 4.52. The minimum Gasteiger partial charge on any atom is -0.322 e. The summed E-state index contributed by atoms with van der Waals surface area (Å²) in [4.78, 5) is 2.44. The van der Waals surface area contributed by atoms with Crippen molar-refractivity contribution in [3.05, 3.63) is 41.7 Å². The molecule has 4 heteroatoms. The van der Waals surface area contributed by atoms with Gasteiger partial charge in [-0.15, -0.1) is 0 Å². The van der Waals surface area contributed by atoms with Gasteiger partial charge in [-0.2, -0.15) is 17.0 Å². The lowest BCUT2D eigenvalue weighted by atomic mass is 10.1. The number of rotatable bonds is 2. The maximum atomic E-state index is 9.35. The molecule has 0 aliphatic carbocycles. The summed E-state index contributed by atoms with van der Waals surface area (Å²) in [5.74, 6) is 2.41. The van der Waals surface area contributed by atoms with Crippen LogP contribution in [0.15, 0.2) is 30.6 Å². The number of aromatic nitrogens is 1. The largest absolute Gasteiger partial charge is 0.322 e. The van der Waals surface area contributed by atoms with Crippen LogP contribution < -0.4 is 0 Å². The van der Waals surface area contributed by atoms with Crippen molar-refractivity contribution in [2.24, 2.45) is 0 Å². The van der Waals surface area contributed by atoms with E-state index in [1.165, 1.54) is 11.5 Å². The van der Waals surface area contributed by atoms with E-state index in [4.69, 9.17) is 0 Å². The molecule has 3 nitrogen and oxygen atoms in total. The molecule has 0 N–H and O–H groups in total. The molecule has 1 saturated heterocycles. The van der Waals surface area contributed by atoms with Crippen LogP contribution in [0.3, 0.4) is 0 Å². The molecule has 0 aromatic carbocycles. The predicted octanol–water partition coefficient (Wildman–Crippen LogP) is 2.36. The zero-order valence-electron chi connectivity index (χ0n) is 10.2. The molecule has 3 heterocycles. The molecule has 18 heavy (non-hydrogen) atoms. The van der Waals surface area contributed by atoms with Crippen molar-refractivity contribution in [2.45, 2.75) is 6.54 Å². The van der Waals surface area contributed by atoms with E-state index in [-0.39, 0.29) is 0 Å². The summed E-state index contributed by atoms with van der Waals surface area (Å²) in [6, 6.07) is 8.34. The molecule has 92 valence electrons. The lowest BCUT2D eigenvalue weighted by Gasteiger charge is -2.25. The van der Waals surface area contributed by atoms with Crippen LogP contribution in [0.4, 0.5) is 0 Å². The maximum absolute atomic E-state index is 9.35. The monoisotopic (exact) mass is 257 g/mol. The molecular weight excluding hydrogens is 242 g/mol. The van der Waals surface area contributed by atoms with Crippen molar-refractivity contribution in [3.63, 3.8) is 0 Å². The van der Waals surface area contributed by atoms with Crippen LogP contribution in [0.25, 0.3) is 5.52 Å². The summed E-state index contributed by atoms with van der Waals surface area (Å²) in [5, 5.41) is 9.35. The number of hydrogen-bond acceptors (Lipinski definition) is 3. The van der Waals surface area contributed by atoms with Gasteiger partial charge in [-0.1, -0.05) is 6.07 Å². The van der Waals surface area contributed by atoms with Crippen molar-refractivity contribution in [2.75, 3.05) is 24.6 Å². The topological polar surface area (TPSA) is 31.4 Å². The number of nitriles is 1. The first-order valence-corrected chi connectivity index (χ1v) is 7.33. The lowest BCUT2D eigenvalue weighted by molar-refractivity contribution is 0.294. The molecule has 0 saturated carbocycles. The van der Waals surface area contributed by atoms with Crippen LogP contribution in [0, 0.1) is 11.3 Å².